The van der Waals surface area contributed by atoms with Crippen molar-refractivity contribution >= 4 is 30.4 Å². The van der Waals surface area contributed by atoms with Crippen LogP contribution >= 0.6 is 0 Å². The van der Waals surface area contributed by atoms with Crippen LogP contribution in [0.2, 0.25) is 0 Å². The number of amides is 2. The Morgan fingerprint density at radius 1 is 0.917 bits per heavy atom. The molecule has 0 saturated carbocycles. The maximum Gasteiger partial charge on any atom is 0.494 e. The Labute approximate surface area is 210 Å². The van der Waals surface area contributed by atoms with Crippen LogP contribution in [-0.4, -0.2) is 53.3 Å². The third-order valence-corrected chi connectivity index (χ3v) is 6.58. The van der Waals surface area contributed by atoms with Crippen LogP contribution in [0.3, 0.4) is 0 Å². The minimum Gasteiger partial charge on any atom is -0.480 e. The molecule has 2 amide bonds. The standard InChI is InChI=1S/C26H32BFN2O6/c1-16(31)29-21(15-18-7-6-8-20(28)13-18)23(32)30-22(24(33)34)14-17-9-11-19(12-10-17)27-35-25(2,3)26(4,5)36-27/h6-13,21-22H,14-15H2,1-5H3,(H,29,31)(H,30,32)(H,33,34)/t21-,22-/m0/s1. The van der Waals surface area contributed by atoms with Gasteiger partial charge in [0.2, 0.25) is 11.8 Å². The second-order valence-electron chi connectivity index (χ2n) is 10.0. The zero-order valence-electron chi connectivity index (χ0n) is 21.1. The number of nitrogens with one attached hydrogen (secondary N) is 2. The quantitative estimate of drug-likeness (QED) is 0.456. The first-order valence-electron chi connectivity index (χ1n) is 11.8. The first-order chi connectivity index (χ1) is 16.8. The lowest BCUT2D eigenvalue weighted by atomic mass is 9.78. The molecule has 0 radical (unpaired) electrons. The molecule has 1 aliphatic rings. The third-order valence-electron chi connectivity index (χ3n) is 6.58. The van der Waals surface area contributed by atoms with E-state index >= 15 is 0 Å². The fraction of sp³-hybridized carbons (Fsp3) is 0.423. The van der Waals surface area contributed by atoms with E-state index in [4.69, 9.17) is 9.31 Å². The van der Waals surface area contributed by atoms with Crippen molar-refractivity contribution in [2.75, 3.05) is 0 Å². The first kappa shape index (κ1) is 27.4. The highest BCUT2D eigenvalue weighted by Gasteiger charge is 2.51. The van der Waals surface area contributed by atoms with Gasteiger partial charge in [-0.25, -0.2) is 9.18 Å². The predicted molar refractivity (Wildman–Crippen MR) is 133 cm³/mol. The van der Waals surface area contributed by atoms with Gasteiger partial charge in [0.05, 0.1) is 11.2 Å². The summed E-state index contributed by atoms with van der Waals surface area (Å²) in [6.45, 7) is 9.10. The Bertz CT molecular complexity index is 1110. The monoisotopic (exact) mass is 498 g/mol. The van der Waals surface area contributed by atoms with Crippen LogP contribution in [0.15, 0.2) is 48.5 Å². The van der Waals surface area contributed by atoms with Crippen molar-refractivity contribution in [2.24, 2.45) is 0 Å². The van der Waals surface area contributed by atoms with E-state index in [1.807, 2.05) is 39.8 Å². The molecule has 1 aliphatic heterocycles. The molecule has 2 aromatic carbocycles. The summed E-state index contributed by atoms with van der Waals surface area (Å²) in [5, 5.41) is 14.7. The minimum absolute atomic E-state index is 0.0122. The number of carboxylic acid groups (broad SMARTS) is 1. The summed E-state index contributed by atoms with van der Waals surface area (Å²) in [5.74, 6) is -2.82. The maximum atomic E-state index is 13.6. The summed E-state index contributed by atoms with van der Waals surface area (Å²) in [5.41, 5.74) is 1.02. The largest absolute Gasteiger partial charge is 0.494 e. The van der Waals surface area contributed by atoms with Gasteiger partial charge in [-0.2, -0.15) is 0 Å². The molecule has 3 rings (SSSR count). The van der Waals surface area contributed by atoms with E-state index in [-0.39, 0.29) is 12.8 Å². The van der Waals surface area contributed by atoms with Crippen molar-refractivity contribution < 1.29 is 33.2 Å². The van der Waals surface area contributed by atoms with Crippen molar-refractivity contribution in [1.29, 1.82) is 0 Å². The lowest BCUT2D eigenvalue weighted by Crippen LogP contribution is -2.52. The van der Waals surface area contributed by atoms with Crippen molar-refractivity contribution in [2.45, 2.75) is 70.7 Å². The number of carbonyl (C=O) groups is 3. The van der Waals surface area contributed by atoms with Crippen LogP contribution in [0.1, 0.15) is 45.7 Å². The van der Waals surface area contributed by atoms with Gasteiger partial charge in [-0.05, 0) is 56.4 Å². The van der Waals surface area contributed by atoms with E-state index < -0.39 is 54.0 Å². The Kier molecular flexibility index (Phi) is 8.21. The van der Waals surface area contributed by atoms with E-state index in [0.29, 0.717) is 11.1 Å². The summed E-state index contributed by atoms with van der Waals surface area (Å²) in [6, 6.07) is 10.5. The summed E-state index contributed by atoms with van der Waals surface area (Å²) in [7, 11) is -0.541. The van der Waals surface area contributed by atoms with Gasteiger partial charge in [0.15, 0.2) is 0 Å². The third kappa shape index (κ3) is 6.70. The number of aliphatic carboxylic acids is 1. The van der Waals surface area contributed by atoms with Crippen LogP contribution in [0.25, 0.3) is 0 Å². The highest BCUT2D eigenvalue weighted by atomic mass is 19.1. The minimum atomic E-state index is -1.23. The normalized spacial score (nSPS) is 17.8. The molecule has 3 N–H and O–H groups in total. The average molecular weight is 498 g/mol. The van der Waals surface area contributed by atoms with E-state index in [0.717, 1.165) is 5.46 Å². The van der Waals surface area contributed by atoms with Crippen LogP contribution in [-0.2, 0) is 36.5 Å². The van der Waals surface area contributed by atoms with Gasteiger partial charge >= 0.3 is 13.1 Å². The number of hydrogen-bond donors (Lipinski definition) is 3. The van der Waals surface area contributed by atoms with Crippen LogP contribution < -0.4 is 16.1 Å². The highest BCUT2D eigenvalue weighted by molar-refractivity contribution is 6.62. The molecule has 192 valence electrons. The molecule has 0 bridgehead atoms. The zero-order chi connectivity index (χ0) is 26.7. The number of hydrogen-bond acceptors (Lipinski definition) is 5. The molecule has 8 nitrogen and oxygen atoms in total. The van der Waals surface area contributed by atoms with Crippen molar-refractivity contribution in [1.82, 2.24) is 10.6 Å². The van der Waals surface area contributed by atoms with Gasteiger partial charge in [-0.1, -0.05) is 36.4 Å². The molecule has 0 spiro atoms. The zero-order valence-corrected chi connectivity index (χ0v) is 21.1. The maximum absolute atomic E-state index is 13.6. The van der Waals surface area contributed by atoms with E-state index in [1.54, 1.807) is 18.2 Å². The van der Waals surface area contributed by atoms with Gasteiger partial charge in [0.1, 0.15) is 17.9 Å². The Balaban J connectivity index is 1.69. The molecule has 1 fully saturated rings. The molecule has 2 atom stereocenters. The summed E-state index contributed by atoms with van der Waals surface area (Å²) < 4.78 is 25.7. The van der Waals surface area contributed by atoms with Crippen LogP contribution in [0.5, 0.6) is 0 Å². The van der Waals surface area contributed by atoms with Crippen molar-refractivity contribution in [3.05, 3.63) is 65.5 Å². The molecule has 2 aromatic rings. The van der Waals surface area contributed by atoms with Gasteiger partial charge < -0.3 is 25.0 Å². The fourth-order valence-corrected chi connectivity index (χ4v) is 3.85. The lowest BCUT2D eigenvalue weighted by Gasteiger charge is -2.32. The Morgan fingerprint density at radius 2 is 1.50 bits per heavy atom. The van der Waals surface area contributed by atoms with Crippen molar-refractivity contribution in [3.8, 4) is 0 Å². The van der Waals surface area contributed by atoms with Gasteiger partial charge in [-0.15, -0.1) is 0 Å². The number of carbonyl (C=O) groups excluding carboxylic acids is 2. The number of halogens is 1. The van der Waals surface area contributed by atoms with Gasteiger partial charge in [0.25, 0.3) is 0 Å². The fourth-order valence-electron chi connectivity index (χ4n) is 3.85. The lowest BCUT2D eigenvalue weighted by molar-refractivity contribution is -0.142. The van der Waals surface area contributed by atoms with E-state index in [2.05, 4.69) is 10.6 Å². The number of benzene rings is 2. The Morgan fingerprint density at radius 3 is 2.03 bits per heavy atom. The molecule has 10 heteroatoms. The number of carboxylic acids is 1. The summed E-state index contributed by atoms with van der Waals surface area (Å²) in [6.07, 6.45) is 0.0375. The molecule has 1 saturated heterocycles. The molecular weight excluding hydrogens is 466 g/mol. The smallest absolute Gasteiger partial charge is 0.480 e. The SMILES string of the molecule is CC(=O)N[C@@H](Cc1cccc(F)c1)C(=O)N[C@@H](Cc1ccc(B2OC(C)(C)C(C)(C)O2)cc1)C(=O)O. The van der Waals surface area contributed by atoms with E-state index in [9.17, 15) is 23.9 Å². The number of rotatable bonds is 9. The van der Waals surface area contributed by atoms with Gasteiger partial charge in [-0.3, -0.25) is 9.59 Å². The predicted octanol–water partition coefficient (Wildman–Crippen LogP) is 1.98. The molecular formula is C26H32BFN2O6. The van der Waals surface area contributed by atoms with Crippen molar-refractivity contribution in [3.63, 3.8) is 0 Å². The summed E-state index contributed by atoms with van der Waals surface area (Å²) in [4.78, 5) is 36.5. The summed E-state index contributed by atoms with van der Waals surface area (Å²) >= 11 is 0. The van der Waals surface area contributed by atoms with Gasteiger partial charge in [0, 0.05) is 19.8 Å². The second kappa shape index (κ2) is 10.8. The van der Waals surface area contributed by atoms with Crippen LogP contribution in [0.4, 0.5) is 4.39 Å². The van der Waals surface area contributed by atoms with E-state index in [1.165, 1.54) is 25.1 Å². The molecule has 1 heterocycles. The first-order valence-corrected chi connectivity index (χ1v) is 11.8. The average Bonchev–Trinajstić information content (AvgIpc) is 2.99. The molecule has 0 aliphatic carbocycles. The van der Waals surface area contributed by atoms with Crippen LogP contribution in [0, 0.1) is 5.82 Å². The molecule has 0 unspecified atom stereocenters. The highest BCUT2D eigenvalue weighted by Crippen LogP contribution is 2.36. The molecule has 36 heavy (non-hydrogen) atoms. The topological polar surface area (TPSA) is 114 Å². The Hall–Kier alpha value is -3.24. The molecule has 0 aromatic heterocycles. The second-order valence-corrected chi connectivity index (χ2v) is 10.0.